The second-order valence-corrected chi connectivity index (χ2v) is 10.9. The number of hydrogen-bond acceptors (Lipinski definition) is 5. The number of hydrogen-bond donors (Lipinski definition) is 0. The van der Waals surface area contributed by atoms with Crippen LogP contribution in [0.2, 0.25) is 0 Å². The van der Waals surface area contributed by atoms with Gasteiger partial charge in [-0.1, -0.05) is 48.5 Å². The zero-order valence-electron chi connectivity index (χ0n) is 22.7. The maximum absolute atomic E-state index is 14.2. The summed E-state index contributed by atoms with van der Waals surface area (Å²) in [4.78, 5) is 20.2. The average molecular weight is 530 g/mol. The van der Waals surface area contributed by atoms with E-state index in [4.69, 9.17) is 9.47 Å². The van der Waals surface area contributed by atoms with Crippen molar-refractivity contribution in [2.24, 2.45) is 0 Å². The molecule has 1 aliphatic carbocycles. The Kier molecular flexibility index (Phi) is 7.38. The van der Waals surface area contributed by atoms with E-state index < -0.39 is 5.82 Å². The first-order valence-electron chi connectivity index (χ1n) is 14.0. The summed E-state index contributed by atoms with van der Waals surface area (Å²) < 4.78 is 26.0. The Morgan fingerprint density at radius 1 is 0.897 bits per heavy atom. The van der Waals surface area contributed by atoms with Crippen molar-refractivity contribution in [3.8, 4) is 16.9 Å². The minimum Gasteiger partial charge on any atom is -0.491 e. The smallest absolute Gasteiger partial charge is 0.257 e. The van der Waals surface area contributed by atoms with Gasteiger partial charge in [0, 0.05) is 51.9 Å². The van der Waals surface area contributed by atoms with Gasteiger partial charge in [0.15, 0.2) is 0 Å². The summed E-state index contributed by atoms with van der Waals surface area (Å²) >= 11 is 0. The van der Waals surface area contributed by atoms with Crippen molar-refractivity contribution < 1.29 is 18.7 Å². The van der Waals surface area contributed by atoms with Crippen LogP contribution in [-0.4, -0.2) is 85.2 Å². The van der Waals surface area contributed by atoms with Crippen LogP contribution in [0, 0.1) is 5.82 Å². The summed E-state index contributed by atoms with van der Waals surface area (Å²) in [5.41, 5.74) is 5.68. The van der Waals surface area contributed by atoms with E-state index in [2.05, 4.69) is 72.2 Å². The highest BCUT2D eigenvalue weighted by Crippen LogP contribution is 2.46. The van der Waals surface area contributed by atoms with Crippen molar-refractivity contribution >= 4 is 5.91 Å². The molecule has 0 bridgehead atoms. The van der Waals surface area contributed by atoms with Gasteiger partial charge in [0.25, 0.3) is 5.91 Å². The second kappa shape index (κ2) is 11.1. The summed E-state index contributed by atoms with van der Waals surface area (Å²) in [7, 11) is 0. The van der Waals surface area contributed by atoms with Crippen LogP contribution in [-0.2, 0) is 4.74 Å². The molecular formula is C32H36FN3O3. The Balaban J connectivity index is 1.11. The molecule has 0 aromatic heterocycles. The summed E-state index contributed by atoms with van der Waals surface area (Å²) in [6.07, 6.45) is 0.342. The molecule has 3 aromatic rings. The van der Waals surface area contributed by atoms with Crippen LogP contribution in [0.25, 0.3) is 11.1 Å². The van der Waals surface area contributed by atoms with Crippen molar-refractivity contribution in [2.45, 2.75) is 32.1 Å². The predicted molar refractivity (Wildman–Crippen MR) is 150 cm³/mol. The minimum atomic E-state index is -0.404. The monoisotopic (exact) mass is 529 g/mol. The topological polar surface area (TPSA) is 45.2 Å². The van der Waals surface area contributed by atoms with Crippen molar-refractivity contribution in [1.82, 2.24) is 14.7 Å². The van der Waals surface area contributed by atoms with Gasteiger partial charge in [0.1, 0.15) is 18.2 Å². The standard InChI is InChI=1S/C32H36FN3O3/c1-22-20-34(21-23(2)39-22)17-18-38-30-19-24(33)11-12-29(30)32(37)36-15-13-35(14-16-36)31-27-9-5-3-7-25(27)26-8-4-6-10-28(26)31/h3-12,19,22-23,31H,13-18,20-21H2,1-2H3/t22-,23+. The molecule has 2 fully saturated rings. The largest absolute Gasteiger partial charge is 0.491 e. The highest BCUT2D eigenvalue weighted by Gasteiger charge is 2.35. The van der Waals surface area contributed by atoms with E-state index in [9.17, 15) is 9.18 Å². The SMILES string of the molecule is C[C@@H]1CN(CCOc2cc(F)ccc2C(=O)N2CCN(C3c4ccccc4-c4ccccc43)CC2)C[C@H](C)O1. The van der Waals surface area contributed by atoms with Crippen molar-refractivity contribution in [3.05, 3.63) is 89.2 Å². The maximum Gasteiger partial charge on any atom is 0.257 e. The molecule has 6 rings (SSSR count). The summed E-state index contributed by atoms with van der Waals surface area (Å²) in [6.45, 7) is 9.65. The van der Waals surface area contributed by atoms with E-state index in [0.29, 0.717) is 37.6 Å². The number of nitrogens with zero attached hydrogens (tertiary/aromatic N) is 3. The van der Waals surface area contributed by atoms with Crippen molar-refractivity contribution in [2.75, 3.05) is 52.4 Å². The molecule has 2 atom stereocenters. The van der Waals surface area contributed by atoms with Crippen LogP contribution < -0.4 is 4.74 Å². The fourth-order valence-corrected chi connectivity index (χ4v) is 6.42. The summed E-state index contributed by atoms with van der Waals surface area (Å²) in [6, 6.07) is 21.7. The maximum atomic E-state index is 14.2. The van der Waals surface area contributed by atoms with Gasteiger partial charge in [-0.25, -0.2) is 4.39 Å². The van der Waals surface area contributed by atoms with Crippen molar-refractivity contribution in [1.29, 1.82) is 0 Å². The molecular weight excluding hydrogens is 493 g/mol. The molecule has 204 valence electrons. The van der Waals surface area contributed by atoms with Crippen molar-refractivity contribution in [3.63, 3.8) is 0 Å². The molecule has 0 saturated carbocycles. The van der Waals surface area contributed by atoms with Crippen LogP contribution in [0.15, 0.2) is 66.7 Å². The van der Waals surface area contributed by atoms with Gasteiger partial charge in [-0.05, 0) is 48.2 Å². The van der Waals surface area contributed by atoms with Gasteiger partial charge < -0.3 is 14.4 Å². The third-order valence-electron chi connectivity index (χ3n) is 8.10. The van der Waals surface area contributed by atoms with Crippen LogP contribution >= 0.6 is 0 Å². The number of halogens is 1. The Labute approximate surface area is 229 Å². The first-order valence-corrected chi connectivity index (χ1v) is 14.0. The molecule has 2 heterocycles. The molecule has 39 heavy (non-hydrogen) atoms. The fourth-order valence-electron chi connectivity index (χ4n) is 6.42. The molecule has 0 N–H and O–H groups in total. The number of benzene rings is 3. The highest BCUT2D eigenvalue weighted by molar-refractivity contribution is 5.97. The lowest BCUT2D eigenvalue weighted by atomic mass is 10.0. The van der Waals surface area contributed by atoms with Gasteiger partial charge in [-0.3, -0.25) is 14.6 Å². The summed E-state index contributed by atoms with van der Waals surface area (Å²) in [5.74, 6) is -0.195. The number of rotatable bonds is 6. The second-order valence-electron chi connectivity index (χ2n) is 10.9. The third-order valence-corrected chi connectivity index (χ3v) is 8.10. The molecule has 3 aliphatic rings. The third kappa shape index (κ3) is 5.31. The molecule has 0 spiro atoms. The molecule has 0 radical (unpaired) electrons. The highest BCUT2D eigenvalue weighted by atomic mass is 19.1. The van der Waals surface area contributed by atoms with Gasteiger partial charge in [-0.15, -0.1) is 0 Å². The van der Waals surface area contributed by atoms with Gasteiger partial charge in [0.2, 0.25) is 0 Å². The fraction of sp³-hybridized carbons (Fsp3) is 0.406. The first-order chi connectivity index (χ1) is 19.0. The zero-order valence-corrected chi connectivity index (χ0v) is 22.7. The predicted octanol–water partition coefficient (Wildman–Crippen LogP) is 4.84. The van der Waals surface area contributed by atoms with E-state index in [0.717, 1.165) is 26.2 Å². The number of carbonyl (C=O) groups is 1. The minimum absolute atomic E-state index is 0.106. The van der Waals surface area contributed by atoms with E-state index in [1.807, 2.05) is 4.90 Å². The van der Waals surface area contributed by atoms with E-state index in [1.54, 1.807) is 6.07 Å². The molecule has 2 saturated heterocycles. The Morgan fingerprint density at radius 2 is 1.51 bits per heavy atom. The zero-order chi connectivity index (χ0) is 26.9. The van der Waals surface area contributed by atoms with Crippen LogP contribution in [0.3, 0.4) is 0 Å². The van der Waals surface area contributed by atoms with E-state index in [-0.39, 0.29) is 24.2 Å². The lowest BCUT2D eigenvalue weighted by Crippen LogP contribution is -2.49. The molecule has 6 nitrogen and oxygen atoms in total. The van der Waals surface area contributed by atoms with Gasteiger partial charge >= 0.3 is 0 Å². The number of morpholine rings is 1. The molecule has 2 aliphatic heterocycles. The van der Waals surface area contributed by atoms with E-state index >= 15 is 0 Å². The Bertz CT molecular complexity index is 1280. The first kappa shape index (κ1) is 26.0. The number of piperazine rings is 1. The van der Waals surface area contributed by atoms with E-state index in [1.165, 1.54) is 34.4 Å². The molecule has 1 amide bonds. The van der Waals surface area contributed by atoms with Crippen LogP contribution in [0.4, 0.5) is 4.39 Å². The Hall–Kier alpha value is -3.26. The van der Waals surface area contributed by atoms with Gasteiger partial charge in [0.05, 0.1) is 23.8 Å². The molecule has 0 unspecified atom stereocenters. The van der Waals surface area contributed by atoms with Gasteiger partial charge in [-0.2, -0.15) is 0 Å². The van der Waals surface area contributed by atoms with Crippen LogP contribution in [0.5, 0.6) is 5.75 Å². The number of carbonyl (C=O) groups excluding carboxylic acids is 1. The quantitative estimate of drug-likeness (QED) is 0.457. The Morgan fingerprint density at radius 3 is 2.15 bits per heavy atom. The normalized spacial score (nSPS) is 22.0. The average Bonchev–Trinajstić information content (AvgIpc) is 3.27. The number of ether oxygens (including phenoxy) is 2. The summed E-state index contributed by atoms with van der Waals surface area (Å²) in [5, 5.41) is 0. The van der Waals surface area contributed by atoms with Crippen LogP contribution in [0.1, 0.15) is 41.4 Å². The molecule has 3 aromatic carbocycles. The lowest BCUT2D eigenvalue weighted by Gasteiger charge is -2.39. The molecule has 7 heteroatoms. The lowest BCUT2D eigenvalue weighted by molar-refractivity contribution is -0.0699. The number of amides is 1. The number of fused-ring (bicyclic) bond motifs is 3.